The van der Waals surface area contributed by atoms with Gasteiger partial charge in [-0.15, -0.1) is 12.4 Å². The first-order chi connectivity index (χ1) is 7.99. The minimum Gasteiger partial charge on any atom is -0.327 e. The van der Waals surface area contributed by atoms with Crippen molar-refractivity contribution in [2.24, 2.45) is 5.73 Å². The monoisotopic (exact) mass is 296 g/mol. The summed E-state index contributed by atoms with van der Waals surface area (Å²) in [7, 11) is 0. The molecule has 0 bridgehead atoms. The zero-order chi connectivity index (χ0) is 12.8. The molecule has 3 nitrogen and oxygen atoms in total. The number of hydrogen-bond acceptors (Lipinski definition) is 3. The van der Waals surface area contributed by atoms with Crippen molar-refractivity contribution in [1.82, 2.24) is 0 Å². The highest BCUT2D eigenvalue weighted by molar-refractivity contribution is 7.99. The van der Waals surface area contributed by atoms with Crippen LogP contribution in [0.25, 0.3) is 0 Å². The second-order valence-corrected chi connectivity index (χ2v) is 4.64. The second kappa shape index (κ2) is 8.29. The van der Waals surface area contributed by atoms with Crippen molar-refractivity contribution in [3.05, 3.63) is 24.3 Å². The van der Waals surface area contributed by atoms with Crippen LogP contribution in [0.2, 0.25) is 0 Å². The number of benzene rings is 1. The van der Waals surface area contributed by atoms with Crippen LogP contribution in [-0.4, -0.2) is 17.7 Å². The third-order valence-electron chi connectivity index (χ3n) is 1.88. The average Bonchev–Trinajstić information content (AvgIpc) is 2.18. The average molecular weight is 297 g/mol. The summed E-state index contributed by atoms with van der Waals surface area (Å²) < 4.78 is 24.6. The van der Waals surface area contributed by atoms with E-state index in [0.29, 0.717) is 22.3 Å². The molecular weight excluding hydrogens is 282 g/mol. The summed E-state index contributed by atoms with van der Waals surface area (Å²) in [5.41, 5.74) is 5.87. The van der Waals surface area contributed by atoms with Gasteiger partial charge in [0.15, 0.2) is 0 Å². The fourth-order valence-electron chi connectivity index (χ4n) is 1.26. The van der Waals surface area contributed by atoms with Crippen LogP contribution in [0, 0.1) is 0 Å². The van der Waals surface area contributed by atoms with Gasteiger partial charge in [-0.05, 0) is 19.1 Å². The lowest BCUT2D eigenvalue weighted by Crippen LogP contribution is -2.24. The number of nitrogens with two attached hydrogens (primary N) is 1. The Hall–Kier alpha value is -0.850. The summed E-state index contributed by atoms with van der Waals surface area (Å²) in [6, 6.07) is 6.19. The predicted octanol–water partition coefficient (Wildman–Crippen LogP) is 3.10. The second-order valence-electron chi connectivity index (χ2n) is 3.60. The van der Waals surface area contributed by atoms with Crippen LogP contribution in [0.5, 0.6) is 0 Å². The number of carbonyl (C=O) groups excluding carboxylic acids is 1. The fourth-order valence-corrected chi connectivity index (χ4v) is 1.86. The number of amides is 1. The van der Waals surface area contributed by atoms with E-state index < -0.39 is 5.76 Å². The molecule has 0 saturated carbocycles. The van der Waals surface area contributed by atoms with Crippen LogP contribution in [-0.2, 0) is 4.79 Å². The van der Waals surface area contributed by atoms with E-state index in [-0.39, 0.29) is 30.8 Å². The third kappa shape index (κ3) is 6.18. The molecule has 0 aliphatic rings. The largest absolute Gasteiger partial charge is 0.327 e. The Morgan fingerprint density at radius 1 is 1.44 bits per heavy atom. The Bertz CT molecular complexity index is 391. The van der Waals surface area contributed by atoms with Crippen molar-refractivity contribution in [2.45, 2.75) is 30.0 Å². The van der Waals surface area contributed by atoms with Crippen molar-refractivity contribution in [3.63, 3.8) is 0 Å². The molecule has 18 heavy (non-hydrogen) atoms. The highest BCUT2D eigenvalue weighted by atomic mass is 35.5. The molecule has 1 unspecified atom stereocenters. The normalized spacial score (nSPS) is 11.8. The molecule has 3 N–H and O–H groups in total. The van der Waals surface area contributed by atoms with Gasteiger partial charge in [0.05, 0.1) is 5.69 Å². The quantitative estimate of drug-likeness (QED) is 0.821. The number of carbonyl (C=O) groups is 1. The van der Waals surface area contributed by atoms with E-state index in [4.69, 9.17) is 5.73 Å². The molecule has 0 heterocycles. The van der Waals surface area contributed by atoms with Crippen LogP contribution in [0.4, 0.5) is 14.5 Å². The standard InChI is InChI=1S/C11H14F2N2OS.ClH/c1-7(14)6-10(16)15-8-4-2-3-5-9(8)17-11(12)13;/h2-5,7,11H,6,14H2,1H3,(H,15,16);1H. The number of para-hydroxylation sites is 1. The van der Waals surface area contributed by atoms with Crippen LogP contribution in [0.1, 0.15) is 13.3 Å². The highest BCUT2D eigenvalue weighted by Gasteiger charge is 2.12. The van der Waals surface area contributed by atoms with Gasteiger partial charge in [0.25, 0.3) is 5.76 Å². The minimum atomic E-state index is -2.51. The first-order valence-corrected chi connectivity index (χ1v) is 5.96. The topological polar surface area (TPSA) is 55.1 Å². The number of alkyl halides is 2. The van der Waals surface area contributed by atoms with E-state index in [1.54, 1.807) is 25.1 Å². The molecule has 0 radical (unpaired) electrons. The van der Waals surface area contributed by atoms with Crippen molar-refractivity contribution >= 4 is 35.8 Å². The molecule has 102 valence electrons. The maximum atomic E-state index is 12.3. The lowest BCUT2D eigenvalue weighted by atomic mass is 10.2. The van der Waals surface area contributed by atoms with Crippen molar-refractivity contribution in [1.29, 1.82) is 0 Å². The van der Waals surface area contributed by atoms with Crippen molar-refractivity contribution < 1.29 is 13.6 Å². The number of nitrogens with one attached hydrogen (secondary N) is 1. The van der Waals surface area contributed by atoms with Gasteiger partial charge in [-0.2, -0.15) is 8.78 Å². The van der Waals surface area contributed by atoms with E-state index in [2.05, 4.69) is 5.32 Å². The summed E-state index contributed by atoms with van der Waals surface area (Å²) in [4.78, 5) is 11.8. The van der Waals surface area contributed by atoms with Gasteiger partial charge in [0.2, 0.25) is 5.91 Å². The maximum Gasteiger partial charge on any atom is 0.288 e. The molecule has 1 rings (SSSR count). The molecule has 1 atom stereocenters. The zero-order valence-electron chi connectivity index (χ0n) is 9.73. The number of rotatable bonds is 5. The molecule has 0 spiro atoms. The van der Waals surface area contributed by atoms with Gasteiger partial charge in [-0.25, -0.2) is 0 Å². The van der Waals surface area contributed by atoms with Gasteiger partial charge in [-0.1, -0.05) is 23.9 Å². The number of hydrogen-bond donors (Lipinski definition) is 2. The molecule has 7 heteroatoms. The number of anilines is 1. The molecule has 0 aliphatic heterocycles. The minimum absolute atomic E-state index is 0. The van der Waals surface area contributed by atoms with E-state index in [1.165, 1.54) is 6.07 Å². The Morgan fingerprint density at radius 3 is 2.61 bits per heavy atom. The van der Waals surface area contributed by atoms with Crippen molar-refractivity contribution in [3.8, 4) is 0 Å². The third-order valence-corrected chi connectivity index (χ3v) is 2.67. The Morgan fingerprint density at radius 2 is 2.06 bits per heavy atom. The van der Waals surface area contributed by atoms with Crippen LogP contribution >= 0.6 is 24.2 Å². The molecule has 0 saturated heterocycles. The van der Waals surface area contributed by atoms with Crippen LogP contribution < -0.4 is 11.1 Å². The van der Waals surface area contributed by atoms with Crippen LogP contribution in [0.15, 0.2) is 29.2 Å². The van der Waals surface area contributed by atoms with E-state index in [0.717, 1.165) is 0 Å². The van der Waals surface area contributed by atoms with Crippen molar-refractivity contribution in [2.75, 3.05) is 5.32 Å². The molecule has 1 aromatic carbocycles. The number of halogens is 3. The summed E-state index contributed by atoms with van der Waals surface area (Å²) in [6.45, 7) is 1.71. The molecule has 1 aromatic rings. The first-order valence-electron chi connectivity index (χ1n) is 5.08. The van der Waals surface area contributed by atoms with Gasteiger partial charge in [0.1, 0.15) is 0 Å². The Balaban J connectivity index is 0.00000289. The summed E-state index contributed by atoms with van der Waals surface area (Å²) in [5.74, 6) is -2.79. The Labute approximate surface area is 115 Å². The molecule has 0 fully saturated rings. The molecule has 1 amide bonds. The lowest BCUT2D eigenvalue weighted by molar-refractivity contribution is -0.116. The summed E-state index contributed by atoms with van der Waals surface area (Å²) >= 11 is 0.407. The van der Waals surface area contributed by atoms with Crippen LogP contribution in [0.3, 0.4) is 0 Å². The highest BCUT2D eigenvalue weighted by Crippen LogP contribution is 2.31. The molecule has 0 aromatic heterocycles. The SMILES string of the molecule is CC(N)CC(=O)Nc1ccccc1SC(F)F.Cl. The number of thioether (sulfide) groups is 1. The van der Waals surface area contributed by atoms with Gasteiger partial charge < -0.3 is 11.1 Å². The Kier molecular flexibility index (Phi) is 7.90. The zero-order valence-corrected chi connectivity index (χ0v) is 11.4. The summed E-state index contributed by atoms with van der Waals surface area (Å²) in [6.07, 6.45) is 0.160. The predicted molar refractivity (Wildman–Crippen MR) is 72.4 cm³/mol. The molecular formula is C11H15ClF2N2OS. The van der Waals surface area contributed by atoms with Gasteiger partial charge in [-0.3, -0.25) is 4.79 Å². The van der Waals surface area contributed by atoms with E-state index in [9.17, 15) is 13.6 Å². The molecule has 0 aliphatic carbocycles. The van der Waals surface area contributed by atoms with E-state index >= 15 is 0 Å². The summed E-state index contributed by atoms with van der Waals surface area (Å²) in [5, 5.41) is 2.57. The fraction of sp³-hybridized carbons (Fsp3) is 0.364. The smallest absolute Gasteiger partial charge is 0.288 e. The first kappa shape index (κ1) is 17.2. The maximum absolute atomic E-state index is 12.3. The van der Waals surface area contributed by atoms with E-state index in [1.807, 2.05) is 0 Å². The van der Waals surface area contributed by atoms with Gasteiger partial charge in [0, 0.05) is 17.4 Å². The lowest BCUT2D eigenvalue weighted by Gasteiger charge is -2.11. The van der Waals surface area contributed by atoms with Gasteiger partial charge >= 0.3 is 0 Å².